The van der Waals surface area contributed by atoms with Crippen LogP contribution in [0.1, 0.15) is 49.3 Å². The average Bonchev–Trinajstić information content (AvgIpc) is 2.70. The Hall–Kier alpha value is -2.66. The van der Waals surface area contributed by atoms with Crippen LogP contribution in [-0.4, -0.2) is 23.0 Å². The van der Waals surface area contributed by atoms with Crippen LogP contribution in [0.2, 0.25) is 0 Å². The molecular formula is C21H24N2O3. The first-order chi connectivity index (χ1) is 12.7. The zero-order valence-electron chi connectivity index (χ0n) is 14.7. The number of aliphatic hydroxyl groups is 1. The second-order valence-electron chi connectivity index (χ2n) is 6.51. The quantitative estimate of drug-likeness (QED) is 0.482. The Morgan fingerprint density at radius 1 is 1.00 bits per heavy atom. The SMILES string of the molecule is O=C(NC1CCCCC1)ON=C(c1ccccc1)C(O)c1ccccc1. The third kappa shape index (κ3) is 4.92. The third-order valence-corrected chi connectivity index (χ3v) is 4.60. The molecule has 1 amide bonds. The smallest absolute Gasteiger partial charge is 0.382 e. The van der Waals surface area contributed by atoms with Gasteiger partial charge in [0.05, 0.1) is 0 Å². The number of hydrogen-bond donors (Lipinski definition) is 2. The molecule has 1 aliphatic carbocycles. The van der Waals surface area contributed by atoms with Gasteiger partial charge in [0.15, 0.2) is 0 Å². The van der Waals surface area contributed by atoms with Crippen molar-refractivity contribution in [3.05, 3.63) is 71.8 Å². The van der Waals surface area contributed by atoms with E-state index in [0.717, 1.165) is 25.7 Å². The Kier molecular flexibility index (Phi) is 6.39. The van der Waals surface area contributed by atoms with Gasteiger partial charge in [0.1, 0.15) is 11.8 Å². The van der Waals surface area contributed by atoms with Crippen LogP contribution in [0.4, 0.5) is 4.79 Å². The van der Waals surface area contributed by atoms with Crippen LogP contribution >= 0.6 is 0 Å². The van der Waals surface area contributed by atoms with Gasteiger partial charge in [-0.1, -0.05) is 85.1 Å². The van der Waals surface area contributed by atoms with E-state index in [1.54, 1.807) is 0 Å². The first-order valence-corrected chi connectivity index (χ1v) is 9.08. The average molecular weight is 352 g/mol. The van der Waals surface area contributed by atoms with E-state index in [1.165, 1.54) is 6.42 Å². The van der Waals surface area contributed by atoms with Crippen LogP contribution in [0.25, 0.3) is 0 Å². The number of nitrogens with one attached hydrogen (secondary N) is 1. The predicted molar refractivity (Wildman–Crippen MR) is 101 cm³/mol. The summed E-state index contributed by atoms with van der Waals surface area (Å²) in [5.74, 6) is 0. The Bertz CT molecular complexity index is 725. The van der Waals surface area contributed by atoms with Crippen molar-refractivity contribution in [2.45, 2.75) is 44.2 Å². The van der Waals surface area contributed by atoms with Gasteiger partial charge in [0, 0.05) is 11.6 Å². The molecule has 0 heterocycles. The summed E-state index contributed by atoms with van der Waals surface area (Å²) in [6.45, 7) is 0. The molecule has 0 bridgehead atoms. The number of nitrogens with zero attached hydrogens (tertiary/aromatic N) is 1. The van der Waals surface area contributed by atoms with Crippen LogP contribution in [0.5, 0.6) is 0 Å². The minimum atomic E-state index is -0.985. The van der Waals surface area contributed by atoms with Crippen LogP contribution in [-0.2, 0) is 4.84 Å². The lowest BCUT2D eigenvalue weighted by Gasteiger charge is -2.21. The number of oxime groups is 1. The molecular weight excluding hydrogens is 328 g/mol. The van der Waals surface area contributed by atoms with Gasteiger partial charge in [-0.2, -0.15) is 0 Å². The molecule has 3 rings (SSSR count). The number of benzene rings is 2. The summed E-state index contributed by atoms with van der Waals surface area (Å²) in [6, 6.07) is 18.6. The molecule has 136 valence electrons. The van der Waals surface area contributed by atoms with E-state index in [9.17, 15) is 9.90 Å². The van der Waals surface area contributed by atoms with Crippen molar-refractivity contribution in [1.82, 2.24) is 5.32 Å². The molecule has 26 heavy (non-hydrogen) atoms. The maximum Gasteiger partial charge on any atom is 0.433 e. The topological polar surface area (TPSA) is 70.9 Å². The highest BCUT2D eigenvalue weighted by Gasteiger charge is 2.20. The fraction of sp³-hybridized carbons (Fsp3) is 0.333. The summed E-state index contributed by atoms with van der Waals surface area (Å²) in [4.78, 5) is 17.2. The van der Waals surface area contributed by atoms with E-state index in [2.05, 4.69) is 10.5 Å². The third-order valence-electron chi connectivity index (χ3n) is 4.60. The Morgan fingerprint density at radius 2 is 1.62 bits per heavy atom. The van der Waals surface area contributed by atoms with Crippen LogP contribution in [0.3, 0.4) is 0 Å². The fourth-order valence-electron chi connectivity index (χ4n) is 3.19. The van der Waals surface area contributed by atoms with E-state index in [4.69, 9.17) is 4.84 Å². The van der Waals surface area contributed by atoms with Crippen molar-refractivity contribution in [2.24, 2.45) is 5.16 Å². The molecule has 2 N–H and O–H groups in total. The molecule has 0 saturated heterocycles. The van der Waals surface area contributed by atoms with Gasteiger partial charge in [0.25, 0.3) is 0 Å². The van der Waals surface area contributed by atoms with Crippen molar-refractivity contribution < 1.29 is 14.7 Å². The molecule has 0 aromatic heterocycles. The van der Waals surface area contributed by atoms with Gasteiger partial charge in [0.2, 0.25) is 0 Å². The van der Waals surface area contributed by atoms with Crippen LogP contribution < -0.4 is 5.32 Å². The number of aliphatic hydroxyl groups excluding tert-OH is 1. The maximum absolute atomic E-state index is 12.1. The zero-order valence-corrected chi connectivity index (χ0v) is 14.7. The molecule has 1 saturated carbocycles. The molecule has 2 aromatic rings. The second-order valence-corrected chi connectivity index (χ2v) is 6.51. The van der Waals surface area contributed by atoms with Gasteiger partial charge in [-0.15, -0.1) is 0 Å². The van der Waals surface area contributed by atoms with E-state index >= 15 is 0 Å². The van der Waals surface area contributed by atoms with E-state index < -0.39 is 12.2 Å². The summed E-state index contributed by atoms with van der Waals surface area (Å²) < 4.78 is 0. The number of amides is 1. The highest BCUT2D eigenvalue weighted by molar-refractivity contribution is 6.04. The molecule has 1 aliphatic rings. The predicted octanol–water partition coefficient (Wildman–Crippen LogP) is 4.18. The molecule has 1 atom stereocenters. The van der Waals surface area contributed by atoms with E-state index in [-0.39, 0.29) is 6.04 Å². The lowest BCUT2D eigenvalue weighted by atomic mass is 9.96. The summed E-state index contributed by atoms with van der Waals surface area (Å²) in [5.41, 5.74) is 1.69. The number of rotatable bonds is 5. The van der Waals surface area contributed by atoms with Gasteiger partial charge in [-0.3, -0.25) is 4.84 Å². The highest BCUT2D eigenvalue weighted by Crippen LogP contribution is 2.20. The number of carbonyl (C=O) groups is 1. The molecule has 0 aliphatic heterocycles. The summed E-state index contributed by atoms with van der Waals surface area (Å²) in [6.07, 6.45) is 3.83. The summed E-state index contributed by atoms with van der Waals surface area (Å²) in [5, 5.41) is 17.6. The number of hydrogen-bond acceptors (Lipinski definition) is 4. The summed E-state index contributed by atoms with van der Waals surface area (Å²) in [7, 11) is 0. The van der Waals surface area contributed by atoms with Gasteiger partial charge < -0.3 is 10.4 Å². The molecule has 0 radical (unpaired) electrons. The Morgan fingerprint density at radius 3 is 2.27 bits per heavy atom. The largest absolute Gasteiger partial charge is 0.433 e. The van der Waals surface area contributed by atoms with Crippen molar-refractivity contribution in [3.8, 4) is 0 Å². The standard InChI is InChI=1S/C21H24N2O3/c24-20(17-12-6-2-7-13-17)19(16-10-4-1-5-11-16)23-26-21(25)22-18-14-8-3-9-15-18/h1-2,4-7,10-13,18,20,24H,3,8-9,14-15H2,(H,22,25). The Balaban J connectivity index is 1.74. The maximum atomic E-state index is 12.1. The van der Waals surface area contributed by atoms with Gasteiger partial charge in [-0.25, -0.2) is 4.79 Å². The number of carbonyl (C=O) groups excluding carboxylic acids is 1. The monoisotopic (exact) mass is 352 g/mol. The van der Waals surface area contributed by atoms with Crippen molar-refractivity contribution >= 4 is 11.8 Å². The highest BCUT2D eigenvalue weighted by atomic mass is 16.7. The Labute approximate surface area is 153 Å². The molecule has 5 nitrogen and oxygen atoms in total. The lowest BCUT2D eigenvalue weighted by Crippen LogP contribution is -2.36. The second kappa shape index (κ2) is 9.15. The van der Waals surface area contributed by atoms with Gasteiger partial charge >= 0.3 is 6.09 Å². The molecule has 2 aromatic carbocycles. The van der Waals surface area contributed by atoms with Crippen molar-refractivity contribution in [3.63, 3.8) is 0 Å². The van der Waals surface area contributed by atoms with E-state index in [0.29, 0.717) is 16.8 Å². The van der Waals surface area contributed by atoms with Crippen LogP contribution in [0.15, 0.2) is 65.8 Å². The van der Waals surface area contributed by atoms with Crippen molar-refractivity contribution in [2.75, 3.05) is 0 Å². The first-order valence-electron chi connectivity index (χ1n) is 9.08. The molecule has 1 fully saturated rings. The molecule has 0 spiro atoms. The summed E-state index contributed by atoms with van der Waals surface area (Å²) >= 11 is 0. The first kappa shape index (κ1) is 18.1. The zero-order chi connectivity index (χ0) is 18.2. The normalized spacial score (nSPS) is 16.7. The van der Waals surface area contributed by atoms with Crippen molar-refractivity contribution in [1.29, 1.82) is 0 Å². The minimum Gasteiger partial charge on any atom is -0.382 e. The minimum absolute atomic E-state index is 0.144. The molecule has 5 heteroatoms. The van der Waals surface area contributed by atoms with Crippen LogP contribution in [0, 0.1) is 0 Å². The molecule has 1 unspecified atom stereocenters. The lowest BCUT2D eigenvalue weighted by molar-refractivity contribution is 0.141. The van der Waals surface area contributed by atoms with Gasteiger partial charge in [-0.05, 0) is 18.4 Å². The fourth-order valence-corrected chi connectivity index (χ4v) is 3.19. The van der Waals surface area contributed by atoms with E-state index in [1.807, 2.05) is 60.7 Å².